The van der Waals surface area contributed by atoms with Crippen LogP contribution in [-0.4, -0.2) is 56.6 Å². The van der Waals surface area contributed by atoms with Crippen molar-refractivity contribution in [3.63, 3.8) is 0 Å². The number of rotatable bonds is 15. The van der Waals surface area contributed by atoms with Crippen molar-refractivity contribution in [2.24, 2.45) is 0 Å². The van der Waals surface area contributed by atoms with Gasteiger partial charge in [0, 0.05) is 0 Å². The molecule has 166 valence electrons. The summed E-state index contributed by atoms with van der Waals surface area (Å²) in [7, 11) is -10.3. The van der Waals surface area contributed by atoms with Crippen molar-refractivity contribution in [3.05, 3.63) is 0 Å². The zero-order valence-electron chi connectivity index (χ0n) is 17.1. The molecule has 0 fully saturated rings. The number of unbranched alkanes of at least 4 members (excludes halogenated alkanes) is 4. The van der Waals surface area contributed by atoms with Crippen LogP contribution in [0.15, 0.2) is 0 Å². The molecule has 0 aliphatic carbocycles. The van der Waals surface area contributed by atoms with E-state index in [1.54, 1.807) is 0 Å². The Bertz CT molecular complexity index is 479. The van der Waals surface area contributed by atoms with Gasteiger partial charge in [-0.2, -0.15) is 8.42 Å². The molecular weight excluding hydrogens is 398 g/mol. The third kappa shape index (κ3) is 20.2. The van der Waals surface area contributed by atoms with Gasteiger partial charge in [-0.25, -0.2) is 8.42 Å². The average molecular weight is 436 g/mol. The van der Waals surface area contributed by atoms with Gasteiger partial charge in [-0.05, 0) is 25.7 Å². The fraction of sp³-hybridized carbons (Fsp3) is 1.00. The first-order chi connectivity index (χ1) is 12.4. The summed E-state index contributed by atoms with van der Waals surface area (Å²) in [5, 5.41) is 0. The third-order valence-corrected chi connectivity index (χ3v) is 4.70. The predicted octanol–water partition coefficient (Wildman–Crippen LogP) is 3.20. The molecule has 0 bridgehead atoms. The third-order valence-electron chi connectivity index (χ3n) is 4.14. The van der Waals surface area contributed by atoms with Gasteiger partial charge in [0.25, 0.3) is 0 Å². The van der Waals surface area contributed by atoms with Crippen molar-refractivity contribution in [2.45, 2.75) is 79.1 Å². The zero-order chi connectivity index (χ0) is 21.4. The second-order valence-electron chi connectivity index (χ2n) is 6.62. The summed E-state index contributed by atoms with van der Waals surface area (Å²) in [4.78, 5) is 0. The van der Waals surface area contributed by atoms with Crippen LogP contribution in [0.2, 0.25) is 0 Å². The lowest BCUT2D eigenvalue weighted by Gasteiger charge is -2.39. The molecule has 0 saturated carbocycles. The Hall–Kier alpha value is -0.300. The van der Waals surface area contributed by atoms with Crippen LogP contribution >= 0.6 is 0 Å². The van der Waals surface area contributed by atoms with E-state index in [4.69, 9.17) is 4.55 Å². The summed E-state index contributed by atoms with van der Waals surface area (Å²) in [5.41, 5.74) is 0. The van der Waals surface area contributed by atoms with Gasteiger partial charge in [-0.1, -0.05) is 62.0 Å². The minimum Gasteiger partial charge on any atom is -0.724 e. The van der Waals surface area contributed by atoms with E-state index in [0.29, 0.717) is 0 Å². The summed E-state index contributed by atoms with van der Waals surface area (Å²) in [6, 6.07) is 0. The molecule has 0 rings (SSSR count). The highest BCUT2D eigenvalue weighted by atomic mass is 32.3. The number of hydrogen-bond acceptors (Lipinski definition) is 7. The van der Waals surface area contributed by atoms with Gasteiger partial charge < -0.3 is 9.04 Å². The van der Waals surface area contributed by atoms with Crippen LogP contribution in [0.5, 0.6) is 0 Å². The Balaban J connectivity index is 0. The normalized spacial score (nSPS) is 12.5. The molecular formula is C16H37NO8S2. The molecule has 9 nitrogen and oxygen atoms in total. The summed E-state index contributed by atoms with van der Waals surface area (Å²) in [5.74, 6) is 0. The second-order valence-corrected chi connectivity index (χ2v) is 8.57. The van der Waals surface area contributed by atoms with Crippen LogP contribution in [0.3, 0.4) is 0 Å². The smallest absolute Gasteiger partial charge is 0.425 e. The van der Waals surface area contributed by atoms with Gasteiger partial charge in [0.05, 0.1) is 26.2 Å². The van der Waals surface area contributed by atoms with E-state index in [1.807, 2.05) is 0 Å². The van der Waals surface area contributed by atoms with Gasteiger partial charge in [0.1, 0.15) is 0 Å². The molecule has 0 aromatic heterocycles. The van der Waals surface area contributed by atoms with E-state index < -0.39 is 20.8 Å². The molecule has 0 aliphatic heterocycles. The molecule has 0 aliphatic rings. The number of hydrogen-bond donors (Lipinski definition) is 1. The second kappa shape index (κ2) is 15.6. The molecule has 1 N–H and O–H groups in total. The average Bonchev–Trinajstić information content (AvgIpc) is 2.58. The SMILES string of the molecule is CCCC[N+](CCCC)(CCCC)CCCC.O=S(=O)([O-])OOS(=O)(=O)O. The summed E-state index contributed by atoms with van der Waals surface area (Å²) in [6.45, 7) is 15.0. The zero-order valence-corrected chi connectivity index (χ0v) is 18.7. The van der Waals surface area contributed by atoms with Gasteiger partial charge in [0.2, 0.25) is 10.4 Å². The monoisotopic (exact) mass is 435 g/mol. The molecule has 0 unspecified atom stereocenters. The van der Waals surface area contributed by atoms with Gasteiger partial charge in [-0.3, -0.25) is 4.55 Å². The number of quaternary nitrogens is 1. The maximum Gasteiger partial charge on any atom is 0.425 e. The van der Waals surface area contributed by atoms with Gasteiger partial charge in [-0.15, -0.1) is 0 Å². The topological polar surface area (TPSA) is 130 Å². The highest BCUT2D eigenvalue weighted by Gasteiger charge is 2.24. The summed E-state index contributed by atoms with van der Waals surface area (Å²) < 4.78 is 61.6. The lowest BCUT2D eigenvalue weighted by atomic mass is 10.1. The van der Waals surface area contributed by atoms with Crippen molar-refractivity contribution >= 4 is 20.8 Å². The Morgan fingerprint density at radius 2 is 1.00 bits per heavy atom. The van der Waals surface area contributed by atoms with Crippen molar-refractivity contribution < 1.29 is 39.1 Å². The first-order valence-electron chi connectivity index (χ1n) is 9.61. The highest BCUT2D eigenvalue weighted by molar-refractivity contribution is 7.83. The Labute approximate surface area is 165 Å². The van der Waals surface area contributed by atoms with E-state index >= 15 is 0 Å². The van der Waals surface area contributed by atoms with E-state index in [-0.39, 0.29) is 0 Å². The van der Waals surface area contributed by atoms with E-state index in [2.05, 4.69) is 36.4 Å². The fourth-order valence-electron chi connectivity index (χ4n) is 2.71. The fourth-order valence-corrected chi connectivity index (χ4v) is 3.27. The van der Waals surface area contributed by atoms with Crippen LogP contribution < -0.4 is 0 Å². The molecule has 0 saturated heterocycles. The molecule has 0 aromatic carbocycles. The largest absolute Gasteiger partial charge is 0.724 e. The minimum absolute atomic E-state index is 1.35. The van der Waals surface area contributed by atoms with E-state index in [9.17, 15) is 21.4 Å². The number of nitrogens with zero attached hydrogens (tertiary/aromatic N) is 1. The lowest BCUT2D eigenvalue weighted by molar-refractivity contribution is -0.929. The highest BCUT2D eigenvalue weighted by Crippen LogP contribution is 2.16. The Morgan fingerprint density at radius 1 is 0.704 bits per heavy atom. The molecule has 27 heavy (non-hydrogen) atoms. The lowest BCUT2D eigenvalue weighted by Crippen LogP contribution is -2.50. The Morgan fingerprint density at radius 3 is 1.15 bits per heavy atom. The van der Waals surface area contributed by atoms with Crippen molar-refractivity contribution in [3.8, 4) is 0 Å². The van der Waals surface area contributed by atoms with Crippen LogP contribution in [-0.2, 0) is 29.5 Å². The molecule has 0 radical (unpaired) electrons. The Kier molecular flexibility index (Phi) is 16.7. The summed E-state index contributed by atoms with van der Waals surface area (Å²) >= 11 is 0. The van der Waals surface area contributed by atoms with Crippen molar-refractivity contribution in [1.29, 1.82) is 0 Å². The molecule has 0 heterocycles. The maximum absolute atomic E-state index is 9.48. The molecule has 11 heteroatoms. The van der Waals surface area contributed by atoms with Gasteiger partial charge in [0.15, 0.2) is 0 Å². The first kappa shape index (κ1) is 28.9. The summed E-state index contributed by atoms with van der Waals surface area (Å²) in [6.07, 6.45) is 11.1. The van der Waals surface area contributed by atoms with Crippen LogP contribution in [0.1, 0.15) is 79.1 Å². The molecule has 0 amide bonds. The predicted molar refractivity (Wildman–Crippen MR) is 103 cm³/mol. The van der Waals surface area contributed by atoms with Crippen LogP contribution in [0.4, 0.5) is 0 Å². The van der Waals surface area contributed by atoms with E-state index in [1.165, 1.54) is 82.0 Å². The van der Waals surface area contributed by atoms with Crippen molar-refractivity contribution in [1.82, 2.24) is 0 Å². The molecule has 0 spiro atoms. The quantitative estimate of drug-likeness (QED) is 0.136. The first-order valence-corrected chi connectivity index (χ1v) is 12.3. The van der Waals surface area contributed by atoms with Crippen molar-refractivity contribution in [2.75, 3.05) is 26.2 Å². The van der Waals surface area contributed by atoms with Crippen LogP contribution in [0.25, 0.3) is 0 Å². The molecule has 0 atom stereocenters. The van der Waals surface area contributed by atoms with Crippen LogP contribution in [0, 0.1) is 0 Å². The molecule has 0 aromatic rings. The van der Waals surface area contributed by atoms with E-state index in [0.717, 1.165) is 0 Å². The maximum atomic E-state index is 9.48. The standard InChI is InChI=1S/C16H36N.H2O8S2/c1-5-9-13-17(14-10-6-2,15-11-7-3)16-12-8-4;1-9(2,3)7-8-10(4,5)6/h5-16H2,1-4H3;(H,1,2,3)(H,4,5,6)/q+1;/p-1. The minimum atomic E-state index is -5.27. The van der Waals surface area contributed by atoms with Gasteiger partial charge >= 0.3 is 10.4 Å².